The summed E-state index contributed by atoms with van der Waals surface area (Å²) in [6.07, 6.45) is -1.61. The van der Waals surface area contributed by atoms with Gasteiger partial charge in [0.25, 0.3) is 11.7 Å². The Morgan fingerprint density at radius 1 is 1.21 bits per heavy atom. The first-order valence-corrected chi connectivity index (χ1v) is 5.08. The molecular formula is C10H7BF4KNO2. The van der Waals surface area contributed by atoms with Gasteiger partial charge in [-0.15, -0.1) is 0 Å². The van der Waals surface area contributed by atoms with Crippen LogP contribution in [0.3, 0.4) is 0 Å². The Morgan fingerprint density at radius 3 is 2.32 bits per heavy atom. The van der Waals surface area contributed by atoms with Crippen molar-refractivity contribution >= 4 is 24.4 Å². The second-order valence-electron chi connectivity index (χ2n) is 4.10. The second kappa shape index (κ2) is 5.65. The quantitative estimate of drug-likeness (QED) is 0.401. The Balaban J connectivity index is 0.00000180. The van der Waals surface area contributed by atoms with E-state index in [-0.39, 0.29) is 61.8 Å². The second-order valence-corrected chi connectivity index (χ2v) is 4.10. The number of carbonyl (C=O) groups excluding carboxylic acids is 2. The van der Waals surface area contributed by atoms with E-state index >= 15 is 0 Å². The molecule has 0 N–H and O–H groups in total. The largest absolute Gasteiger partial charge is 1.00 e. The SMILES string of the molecule is Cc1cc(F)c2c(c1)C(=O)C(=O)N2C[B-](F)(F)F.[K+]. The standard InChI is InChI=1S/C10H7BF4NO2.K/c1-5-2-6-8(7(12)3-5)16(4-11(13,14)15)10(18)9(6)17;/h2-3H,4H2,1H3;/q-1;+1. The number of aryl methyl sites for hydroxylation is 1. The van der Waals surface area contributed by atoms with Gasteiger partial charge in [0, 0.05) is 0 Å². The molecule has 1 aromatic carbocycles. The van der Waals surface area contributed by atoms with Gasteiger partial charge in [-0.2, -0.15) is 0 Å². The summed E-state index contributed by atoms with van der Waals surface area (Å²) >= 11 is 0. The molecule has 0 saturated carbocycles. The summed E-state index contributed by atoms with van der Waals surface area (Å²) in [6, 6.07) is 2.20. The molecule has 3 nitrogen and oxygen atoms in total. The molecule has 1 aromatic rings. The van der Waals surface area contributed by atoms with Gasteiger partial charge in [-0.05, 0) is 31.1 Å². The normalized spacial score (nSPS) is 14.5. The molecule has 0 radical (unpaired) electrons. The van der Waals surface area contributed by atoms with Crippen LogP contribution in [0.4, 0.5) is 23.0 Å². The van der Waals surface area contributed by atoms with Gasteiger partial charge in [0.05, 0.1) is 11.3 Å². The summed E-state index contributed by atoms with van der Waals surface area (Å²) in [4.78, 5) is 23.1. The number of nitrogens with zero attached hydrogens (tertiary/aromatic N) is 1. The number of carbonyl (C=O) groups is 2. The monoisotopic (exact) mass is 299 g/mol. The van der Waals surface area contributed by atoms with E-state index in [1.165, 1.54) is 13.0 Å². The minimum absolute atomic E-state index is 0. The predicted octanol–water partition coefficient (Wildman–Crippen LogP) is -0.946. The van der Waals surface area contributed by atoms with Crippen LogP contribution in [0.15, 0.2) is 12.1 Å². The summed E-state index contributed by atoms with van der Waals surface area (Å²) in [5.74, 6) is -3.44. The Labute approximate surface area is 148 Å². The van der Waals surface area contributed by atoms with E-state index in [1.54, 1.807) is 0 Å². The average Bonchev–Trinajstić information content (AvgIpc) is 2.42. The van der Waals surface area contributed by atoms with Crippen LogP contribution in [0.5, 0.6) is 0 Å². The maximum absolute atomic E-state index is 13.6. The molecule has 1 aliphatic heterocycles. The third kappa shape index (κ3) is 3.27. The molecular weight excluding hydrogens is 292 g/mol. The van der Waals surface area contributed by atoms with E-state index in [0.717, 1.165) is 6.07 Å². The third-order valence-electron chi connectivity index (χ3n) is 2.55. The number of Topliss-reactive ketones (excluding diaryl/α,β-unsaturated/α-hetero) is 1. The zero-order valence-corrected chi connectivity index (χ0v) is 13.3. The molecule has 0 spiro atoms. The zero-order valence-electron chi connectivity index (χ0n) is 10.2. The average molecular weight is 299 g/mol. The first kappa shape index (κ1) is 16.8. The van der Waals surface area contributed by atoms with Crippen LogP contribution in [0.1, 0.15) is 15.9 Å². The molecule has 0 aliphatic carbocycles. The predicted molar refractivity (Wildman–Crippen MR) is 56.9 cm³/mol. The topological polar surface area (TPSA) is 37.4 Å². The molecule has 96 valence electrons. The van der Waals surface area contributed by atoms with Crippen molar-refractivity contribution in [2.24, 2.45) is 0 Å². The van der Waals surface area contributed by atoms with Gasteiger partial charge >= 0.3 is 58.4 Å². The first-order valence-electron chi connectivity index (χ1n) is 5.08. The van der Waals surface area contributed by atoms with Crippen molar-refractivity contribution in [3.8, 4) is 0 Å². The molecule has 9 heteroatoms. The molecule has 0 atom stereocenters. The van der Waals surface area contributed by atoms with Gasteiger partial charge in [-0.3, -0.25) is 9.59 Å². The van der Waals surface area contributed by atoms with Crippen LogP contribution in [-0.4, -0.2) is 25.1 Å². The third-order valence-corrected chi connectivity index (χ3v) is 2.55. The fourth-order valence-corrected chi connectivity index (χ4v) is 1.90. The number of fused-ring (bicyclic) bond motifs is 1. The van der Waals surface area contributed by atoms with Crippen molar-refractivity contribution in [3.63, 3.8) is 0 Å². The molecule has 2 rings (SSSR count). The van der Waals surface area contributed by atoms with Crippen molar-refractivity contribution in [1.82, 2.24) is 0 Å². The number of benzene rings is 1. The van der Waals surface area contributed by atoms with Crippen LogP contribution < -0.4 is 56.3 Å². The van der Waals surface area contributed by atoms with E-state index in [1.807, 2.05) is 0 Å². The molecule has 0 saturated heterocycles. The van der Waals surface area contributed by atoms with Gasteiger partial charge in [-0.1, -0.05) is 0 Å². The minimum Gasteiger partial charge on any atom is -0.448 e. The summed E-state index contributed by atoms with van der Waals surface area (Å²) in [7, 11) is 0. The number of anilines is 1. The van der Waals surface area contributed by atoms with E-state index in [9.17, 15) is 26.9 Å². The maximum Gasteiger partial charge on any atom is 1.00 e. The number of ketones is 1. The number of hydrogen-bond acceptors (Lipinski definition) is 2. The van der Waals surface area contributed by atoms with E-state index in [0.29, 0.717) is 5.56 Å². The van der Waals surface area contributed by atoms with Crippen LogP contribution >= 0.6 is 0 Å². The molecule has 0 bridgehead atoms. The molecule has 0 unspecified atom stereocenters. The smallest absolute Gasteiger partial charge is 0.448 e. The summed E-state index contributed by atoms with van der Waals surface area (Å²) in [6.45, 7) is -3.85. The minimum atomic E-state index is -5.34. The Morgan fingerprint density at radius 2 is 1.79 bits per heavy atom. The zero-order chi connectivity index (χ0) is 13.7. The summed E-state index contributed by atoms with van der Waals surface area (Å²) in [5, 5.41) is 0. The van der Waals surface area contributed by atoms with Gasteiger partial charge in [0.2, 0.25) is 0 Å². The summed E-state index contributed by atoms with van der Waals surface area (Å²) in [5.41, 5.74) is -0.515. The van der Waals surface area contributed by atoms with Gasteiger partial charge in [0.1, 0.15) is 5.82 Å². The fraction of sp³-hybridized carbons (Fsp3) is 0.200. The molecule has 0 aromatic heterocycles. The Bertz CT molecular complexity index is 561. The number of amides is 1. The van der Waals surface area contributed by atoms with E-state index in [2.05, 4.69) is 0 Å². The van der Waals surface area contributed by atoms with Crippen LogP contribution in [0, 0.1) is 12.7 Å². The fourth-order valence-electron chi connectivity index (χ4n) is 1.90. The van der Waals surface area contributed by atoms with Gasteiger partial charge in [0.15, 0.2) is 0 Å². The summed E-state index contributed by atoms with van der Waals surface area (Å²) < 4.78 is 50.7. The maximum atomic E-state index is 13.6. The van der Waals surface area contributed by atoms with Crippen LogP contribution in [-0.2, 0) is 4.79 Å². The number of hydrogen-bond donors (Lipinski definition) is 0. The van der Waals surface area contributed by atoms with Crippen molar-refractivity contribution in [2.45, 2.75) is 6.92 Å². The van der Waals surface area contributed by atoms with Gasteiger partial charge in [-0.25, -0.2) is 4.39 Å². The number of halogens is 4. The first-order chi connectivity index (χ1) is 8.20. The molecule has 1 aliphatic rings. The number of rotatable bonds is 2. The molecule has 1 heterocycles. The van der Waals surface area contributed by atoms with Crippen molar-refractivity contribution in [3.05, 3.63) is 29.1 Å². The Kier molecular flexibility index (Phi) is 5.00. The van der Waals surface area contributed by atoms with E-state index in [4.69, 9.17) is 0 Å². The Hall–Kier alpha value is -0.219. The van der Waals surface area contributed by atoms with Crippen LogP contribution in [0.25, 0.3) is 0 Å². The van der Waals surface area contributed by atoms with Crippen LogP contribution in [0.2, 0.25) is 0 Å². The van der Waals surface area contributed by atoms with Gasteiger partial charge < -0.3 is 17.8 Å². The molecule has 1 amide bonds. The van der Waals surface area contributed by atoms with Crippen molar-refractivity contribution in [2.75, 3.05) is 11.3 Å². The molecule has 19 heavy (non-hydrogen) atoms. The van der Waals surface area contributed by atoms with Crippen molar-refractivity contribution in [1.29, 1.82) is 0 Å². The molecule has 0 fully saturated rings. The van der Waals surface area contributed by atoms with Crippen molar-refractivity contribution < 1.29 is 78.3 Å². The van der Waals surface area contributed by atoms with E-state index < -0.39 is 36.6 Å².